The van der Waals surface area contributed by atoms with Gasteiger partial charge in [-0.05, 0) is 52.0 Å². The molecule has 15 rings (SSSR count). The lowest BCUT2D eigenvalue weighted by atomic mass is 9.95. The van der Waals surface area contributed by atoms with Crippen molar-refractivity contribution in [3.63, 3.8) is 0 Å². The van der Waals surface area contributed by atoms with Crippen LogP contribution in [-0.2, 0) is 26.2 Å². The van der Waals surface area contributed by atoms with E-state index in [1.807, 2.05) is 0 Å². The average molecular weight is 1140 g/mol. The predicted molar refractivity (Wildman–Crippen MR) is 269 cm³/mol. The van der Waals surface area contributed by atoms with Crippen molar-refractivity contribution in [2.45, 2.75) is 108 Å². The number of amides is 14. The van der Waals surface area contributed by atoms with Crippen LogP contribution in [0.3, 0.4) is 0 Å². The van der Waals surface area contributed by atoms with E-state index in [1.54, 1.807) is 81.4 Å². The molecule has 1 unspecified atom stereocenters. The first-order valence-corrected chi connectivity index (χ1v) is 27.4. The minimum absolute atomic E-state index is 0.0608. The third kappa shape index (κ3) is 5.76. The molecule has 2 aromatic rings. The van der Waals surface area contributed by atoms with Gasteiger partial charge in [0.2, 0.25) is 0 Å². The van der Waals surface area contributed by atoms with Crippen molar-refractivity contribution in [3.05, 3.63) is 46.5 Å². The molecule has 0 bridgehead atoms. The maximum atomic E-state index is 15.5. The number of rotatable bonds is 12. The second-order valence-corrected chi connectivity index (χ2v) is 23.1. The number of carbonyl (C=O) groups is 7. The maximum Gasteiger partial charge on any atom is 0.326 e. The number of carbonyl (C=O) groups excluding carboxylic acids is 7. The Kier molecular flexibility index (Phi) is 10.6. The Balaban J connectivity index is 0.784. The standard InChI is InChI=1S/C50H62N16O16/c1-47-49(3)63-23-55-37-35-51(39(55)71)21-53-36-38-57(41(53)73)25-65-45(77)61-19-29-30(34(82-16-12-70)8-7-33(29)81-15-11-69)20-62-46(78)66(50(65,4)48(61,62)2)26-58(38)42(74)54(36)22-52(35)40(72)56(37)24-64(49)44(76)60(47)18-28-27(17-59(47)43(63)75)31(79-13-9-67)5-6-32(28)80-14-10-68/h5-8,35-39,67-71H,9-26H2,1-4H3/t35-,36+,37+,38-,39?,47+,48-,49-,50+/m0/s1. The van der Waals surface area contributed by atoms with Crippen LogP contribution in [0.15, 0.2) is 24.3 Å². The number of aliphatic hydroxyl groups is 5. The average Bonchev–Trinajstić information content (AvgIpc) is 1.95. The molecule has 14 amide bonds. The van der Waals surface area contributed by atoms with E-state index >= 15 is 33.6 Å². The highest BCUT2D eigenvalue weighted by Gasteiger charge is 2.80. The van der Waals surface area contributed by atoms with Crippen molar-refractivity contribution in [2.75, 3.05) is 92.9 Å². The molecule has 0 saturated carbocycles. The third-order valence-electron chi connectivity index (χ3n) is 20.2. The fraction of sp³-hybridized carbons (Fsp3) is 0.620. The monoisotopic (exact) mass is 1140 g/mol. The summed E-state index contributed by atoms with van der Waals surface area (Å²) in [5.74, 6) is 1.40. The van der Waals surface area contributed by atoms with Crippen LogP contribution in [0.5, 0.6) is 23.0 Å². The number of hydrogen-bond donors (Lipinski definition) is 5. The van der Waals surface area contributed by atoms with Crippen molar-refractivity contribution in [1.82, 2.24) is 78.4 Å². The van der Waals surface area contributed by atoms with E-state index in [4.69, 9.17) is 18.9 Å². The Morgan fingerprint density at radius 1 is 0.366 bits per heavy atom. The molecule has 32 heteroatoms. The molecule has 11 fully saturated rings. The lowest BCUT2D eigenvalue weighted by Gasteiger charge is -2.49. The summed E-state index contributed by atoms with van der Waals surface area (Å²) in [6.07, 6.45) is -5.95. The van der Waals surface area contributed by atoms with Crippen molar-refractivity contribution in [2.24, 2.45) is 0 Å². The zero-order valence-electron chi connectivity index (χ0n) is 45.3. The van der Waals surface area contributed by atoms with E-state index in [0.29, 0.717) is 45.3 Å². The summed E-state index contributed by atoms with van der Waals surface area (Å²) in [7, 11) is 0. The zero-order chi connectivity index (χ0) is 57.2. The van der Waals surface area contributed by atoms with Gasteiger partial charge in [0.05, 0.1) is 65.9 Å². The minimum atomic E-state index is -1.57. The van der Waals surface area contributed by atoms with Gasteiger partial charge in [-0.1, -0.05) is 0 Å². The van der Waals surface area contributed by atoms with Gasteiger partial charge in [0, 0.05) is 22.3 Å². The van der Waals surface area contributed by atoms with Crippen molar-refractivity contribution < 1.29 is 78.0 Å². The summed E-state index contributed by atoms with van der Waals surface area (Å²) in [5.41, 5.74) is -3.89. The topological polar surface area (TPSA) is 309 Å². The van der Waals surface area contributed by atoms with Crippen LogP contribution in [0.4, 0.5) is 33.6 Å². The predicted octanol–water partition coefficient (Wildman–Crippen LogP) is -2.09. The molecule has 32 nitrogen and oxygen atoms in total. The highest BCUT2D eigenvalue weighted by Crippen LogP contribution is 2.59. The molecule has 438 valence electrons. The van der Waals surface area contributed by atoms with Crippen LogP contribution < -0.4 is 18.9 Å². The number of ether oxygens (including phenoxy) is 4. The van der Waals surface area contributed by atoms with Gasteiger partial charge in [0.15, 0.2) is 41.3 Å². The molecule has 5 N–H and O–H groups in total. The Morgan fingerprint density at radius 3 is 0.951 bits per heavy atom. The smallest absolute Gasteiger partial charge is 0.326 e. The SMILES string of the molecule is C[C@@]12N3Cc4c(OCCO)ccc(OCCO)c4CN1C(=O)N1CN4C(=O)N5CN6C(O)N7CN8C(=O)N9Cc%10c(OCCO)ccc(OCCO)c%10CN%10C(=O)N(CN%11C(=O)N(CN%12C(=O)N(CN(C3=O)[C@@]12C)[C@H]4[C@@H]%125)[C@H]6[C@@H]%117)[C@@]8(C)[C@@]%109C. The molecule has 82 heavy (non-hydrogen) atoms. The Morgan fingerprint density at radius 2 is 0.622 bits per heavy atom. The van der Waals surface area contributed by atoms with Gasteiger partial charge >= 0.3 is 42.2 Å². The van der Waals surface area contributed by atoms with Crippen LogP contribution in [0.1, 0.15) is 49.9 Å². The normalized spacial score (nSPS) is 33.6. The first-order chi connectivity index (χ1) is 39.4. The second kappa shape index (κ2) is 16.9. The van der Waals surface area contributed by atoms with E-state index in [-0.39, 0.29) is 99.0 Å². The van der Waals surface area contributed by atoms with E-state index in [2.05, 4.69) is 0 Å². The molecule has 9 atom stereocenters. The van der Waals surface area contributed by atoms with Gasteiger partial charge < -0.3 is 44.5 Å². The highest BCUT2D eigenvalue weighted by atomic mass is 16.5. The molecular weight excluding hydrogens is 1080 g/mol. The highest BCUT2D eigenvalue weighted by molar-refractivity contribution is 5.93. The summed E-state index contributed by atoms with van der Waals surface area (Å²) < 4.78 is 24.0. The first-order valence-electron chi connectivity index (χ1n) is 27.4. The summed E-state index contributed by atoms with van der Waals surface area (Å²) in [4.78, 5) is 132. The minimum Gasteiger partial charge on any atom is -0.491 e. The fourth-order valence-corrected chi connectivity index (χ4v) is 15.9. The number of fused-ring (bicyclic) bond motifs is 2. The van der Waals surface area contributed by atoms with Crippen LogP contribution >= 0.6 is 0 Å². The fourth-order valence-electron chi connectivity index (χ4n) is 15.9. The molecule has 0 aliphatic carbocycles. The largest absolute Gasteiger partial charge is 0.491 e. The molecule has 0 aromatic heterocycles. The van der Waals surface area contributed by atoms with Crippen LogP contribution in [-0.4, -0.2) is 293 Å². The quantitative estimate of drug-likeness (QED) is 0.152. The zero-order valence-corrected chi connectivity index (χ0v) is 45.3. The van der Waals surface area contributed by atoms with Gasteiger partial charge in [-0.2, -0.15) is 0 Å². The van der Waals surface area contributed by atoms with Gasteiger partial charge in [0.1, 0.15) is 88.4 Å². The Bertz CT molecular complexity index is 3210. The Labute approximate surface area is 467 Å². The summed E-state index contributed by atoms with van der Waals surface area (Å²) in [5, 5.41) is 51.7. The summed E-state index contributed by atoms with van der Waals surface area (Å²) in [6, 6.07) is 2.65. The second-order valence-electron chi connectivity index (χ2n) is 23.1. The van der Waals surface area contributed by atoms with Crippen LogP contribution in [0, 0.1) is 0 Å². The molecule has 11 saturated heterocycles. The van der Waals surface area contributed by atoms with Crippen LogP contribution in [0.2, 0.25) is 0 Å². The molecule has 13 aliphatic rings. The van der Waals surface area contributed by atoms with Crippen molar-refractivity contribution in [1.29, 1.82) is 0 Å². The first kappa shape index (κ1) is 51.2. The van der Waals surface area contributed by atoms with Crippen molar-refractivity contribution >= 4 is 42.2 Å². The third-order valence-corrected chi connectivity index (χ3v) is 20.2. The number of benzene rings is 2. The van der Waals surface area contributed by atoms with E-state index in [0.717, 1.165) is 0 Å². The van der Waals surface area contributed by atoms with Crippen molar-refractivity contribution in [3.8, 4) is 23.0 Å². The van der Waals surface area contributed by atoms with Gasteiger partial charge in [-0.15, -0.1) is 0 Å². The summed E-state index contributed by atoms with van der Waals surface area (Å²) >= 11 is 0. The van der Waals surface area contributed by atoms with Crippen LogP contribution in [0.25, 0.3) is 0 Å². The van der Waals surface area contributed by atoms with E-state index in [9.17, 15) is 25.5 Å². The van der Waals surface area contributed by atoms with Gasteiger partial charge in [-0.25, -0.2) is 43.4 Å². The molecule has 0 spiro atoms. The number of nitrogens with zero attached hydrogens (tertiary/aromatic N) is 16. The molecule has 2 aromatic carbocycles. The molecular formula is C50H62N16O16. The maximum absolute atomic E-state index is 15.5. The lowest BCUT2D eigenvalue weighted by molar-refractivity contribution is -0.152. The lowest BCUT2D eigenvalue weighted by Crippen LogP contribution is -2.70. The van der Waals surface area contributed by atoms with E-state index < -0.39 is 116 Å². The number of hydrogen-bond acceptors (Lipinski definition) is 18. The number of aliphatic hydroxyl groups excluding tert-OH is 5. The van der Waals surface area contributed by atoms with E-state index in [1.165, 1.54) is 49.0 Å². The molecule has 13 aliphatic heterocycles. The number of urea groups is 7. The van der Waals surface area contributed by atoms with Gasteiger partial charge in [0.25, 0.3) is 0 Å². The molecule has 0 radical (unpaired) electrons. The summed E-state index contributed by atoms with van der Waals surface area (Å²) in [6.45, 7) is 2.94. The Hall–Kier alpha value is -7.75. The van der Waals surface area contributed by atoms with Gasteiger partial charge in [-0.3, -0.25) is 68.6 Å². The molecule has 13 heterocycles.